The minimum Gasteiger partial charge on any atom is -0.345 e. The van der Waals surface area contributed by atoms with E-state index in [4.69, 9.17) is 0 Å². The van der Waals surface area contributed by atoms with E-state index < -0.39 is 0 Å². The summed E-state index contributed by atoms with van der Waals surface area (Å²) in [5, 5.41) is 0. The van der Waals surface area contributed by atoms with Crippen molar-refractivity contribution in [3.8, 4) is 0 Å². The maximum absolute atomic E-state index is 3.26. The third-order valence-electron chi connectivity index (χ3n) is 1.25. The van der Waals surface area contributed by atoms with Gasteiger partial charge in [-0.2, -0.15) is 0 Å². The highest BCUT2D eigenvalue weighted by Crippen LogP contribution is 2.01. The van der Waals surface area contributed by atoms with Gasteiger partial charge in [0.2, 0.25) is 0 Å². The van der Waals surface area contributed by atoms with Gasteiger partial charge in [0.25, 0.3) is 0 Å². The van der Waals surface area contributed by atoms with Crippen molar-refractivity contribution in [3.63, 3.8) is 0 Å². The summed E-state index contributed by atoms with van der Waals surface area (Å²) in [6.07, 6.45) is 1.34. The van der Waals surface area contributed by atoms with Gasteiger partial charge in [0.15, 0.2) is 0 Å². The fraction of sp³-hybridized carbons (Fsp3) is 1.00. The molecule has 1 nitrogen and oxygen atoms in total. The second-order valence-corrected chi connectivity index (χ2v) is 4.58. The Labute approximate surface area is 48.4 Å². The van der Waals surface area contributed by atoms with Gasteiger partial charge < -0.3 is 4.98 Å². The monoisotopic (exact) mass is 117 g/mol. The fourth-order valence-corrected chi connectivity index (χ4v) is 1.48. The van der Waals surface area contributed by atoms with Crippen LogP contribution in [-0.4, -0.2) is 16.7 Å². The van der Waals surface area contributed by atoms with Gasteiger partial charge in [-0.25, -0.2) is 0 Å². The zero-order valence-electron chi connectivity index (χ0n) is 5.49. The van der Waals surface area contributed by atoms with E-state index in [1.807, 2.05) is 0 Å². The molecule has 0 aliphatic carbocycles. The van der Waals surface area contributed by atoms with Crippen molar-refractivity contribution in [3.05, 3.63) is 0 Å². The minimum atomic E-state index is 0.0961. The van der Waals surface area contributed by atoms with E-state index in [2.05, 4.69) is 25.9 Å². The maximum Gasteiger partial charge on any atom is 0.0941 e. The molecule has 1 N–H and O–H groups in total. The Hall–Kier alpha value is 0.177. The Kier molecular flexibility index (Phi) is 4.45. The molecule has 1 unspecified atom stereocenters. The van der Waals surface area contributed by atoms with E-state index >= 15 is 0 Å². The zero-order valence-corrected chi connectivity index (χ0v) is 6.91. The van der Waals surface area contributed by atoms with Gasteiger partial charge in [0, 0.05) is 0 Å². The number of hydrogen-bond donors (Lipinski definition) is 1. The predicted octanol–water partition coefficient (Wildman–Crippen LogP) is 0.508. The summed E-state index contributed by atoms with van der Waals surface area (Å²) in [7, 11) is 2.15. The molecule has 0 rings (SSSR count). The Balaban J connectivity index is 2.83. The summed E-state index contributed by atoms with van der Waals surface area (Å²) in [5.74, 6) is 0. The first-order valence-electron chi connectivity index (χ1n) is 2.95. The van der Waals surface area contributed by atoms with Gasteiger partial charge in [0.1, 0.15) is 0 Å². The Bertz CT molecular complexity index is 39.1. The van der Waals surface area contributed by atoms with Gasteiger partial charge >= 0.3 is 0 Å². The molecule has 2 heteroatoms. The Morgan fingerprint density at radius 1 is 1.71 bits per heavy atom. The van der Waals surface area contributed by atoms with E-state index in [0.717, 1.165) is 5.54 Å². The molecule has 44 valence electrons. The van der Waals surface area contributed by atoms with Crippen LogP contribution in [0.5, 0.6) is 0 Å². The molecule has 0 fully saturated rings. The largest absolute Gasteiger partial charge is 0.345 e. The van der Waals surface area contributed by atoms with Crippen molar-refractivity contribution in [2.45, 2.75) is 25.8 Å². The first-order valence-corrected chi connectivity index (χ1v) is 4.48. The van der Waals surface area contributed by atoms with Crippen LogP contribution in [0.2, 0.25) is 5.54 Å². The predicted molar refractivity (Wildman–Crippen MR) is 37.3 cm³/mol. The molecule has 0 aromatic carbocycles. The molecule has 1 atom stereocenters. The van der Waals surface area contributed by atoms with Gasteiger partial charge in [-0.05, 0) is 12.6 Å². The van der Waals surface area contributed by atoms with Crippen LogP contribution in [0.15, 0.2) is 0 Å². The lowest BCUT2D eigenvalue weighted by Gasteiger charge is -2.02. The number of hydrogen-bond acceptors (Lipinski definition) is 1. The molecule has 0 aliphatic heterocycles. The second-order valence-electron chi connectivity index (χ2n) is 2.07. The van der Waals surface area contributed by atoms with Gasteiger partial charge in [-0.3, -0.25) is 0 Å². The quantitative estimate of drug-likeness (QED) is 0.531. The summed E-state index contributed by atoms with van der Waals surface area (Å²) in [4.78, 5) is 3.26. The average Bonchev–Trinajstić information content (AvgIpc) is 1.68. The molecule has 0 spiro atoms. The normalized spacial score (nSPS) is 15.9. The molecule has 0 aliphatic rings. The summed E-state index contributed by atoms with van der Waals surface area (Å²) in [5.41, 5.74) is 0.977. The average molecular weight is 117 g/mol. The second kappa shape index (κ2) is 4.34. The Morgan fingerprint density at radius 3 is 2.43 bits per heavy atom. The highest BCUT2D eigenvalue weighted by Gasteiger charge is 1.93. The van der Waals surface area contributed by atoms with E-state index in [0.29, 0.717) is 0 Å². The standard InChI is InChI=1S/C5H15NSi/c1-4-5(2)7-6-3/h5-6H,4,7H2,1-3H3. The molecule has 0 saturated carbocycles. The highest BCUT2D eigenvalue weighted by atomic mass is 28.2. The SMILES string of the molecule is CCC(C)[SiH2]NC. The van der Waals surface area contributed by atoms with Crippen molar-refractivity contribution in [2.75, 3.05) is 7.05 Å². The lowest BCUT2D eigenvalue weighted by Crippen LogP contribution is -2.16. The summed E-state index contributed by atoms with van der Waals surface area (Å²) < 4.78 is 0. The van der Waals surface area contributed by atoms with Crippen LogP contribution in [0, 0.1) is 0 Å². The van der Waals surface area contributed by atoms with Crippen molar-refractivity contribution >= 4 is 9.68 Å². The van der Waals surface area contributed by atoms with Crippen molar-refractivity contribution in [1.29, 1.82) is 0 Å². The molecule has 0 radical (unpaired) electrons. The topological polar surface area (TPSA) is 12.0 Å². The molecule has 7 heavy (non-hydrogen) atoms. The van der Waals surface area contributed by atoms with Crippen LogP contribution in [0.1, 0.15) is 20.3 Å². The molecule has 0 aromatic heterocycles. The molecule has 0 heterocycles. The third kappa shape index (κ3) is 4.02. The van der Waals surface area contributed by atoms with Crippen LogP contribution in [0.4, 0.5) is 0 Å². The van der Waals surface area contributed by atoms with Crippen LogP contribution < -0.4 is 4.98 Å². The molecule has 0 aromatic rings. The molecular weight excluding hydrogens is 102 g/mol. The van der Waals surface area contributed by atoms with Gasteiger partial charge in [0.05, 0.1) is 9.68 Å². The minimum absolute atomic E-state index is 0.0961. The highest BCUT2D eigenvalue weighted by molar-refractivity contribution is 6.33. The molecule has 0 saturated heterocycles. The maximum atomic E-state index is 3.26. The lowest BCUT2D eigenvalue weighted by molar-refractivity contribution is 0.854. The van der Waals surface area contributed by atoms with E-state index in [1.165, 1.54) is 6.42 Å². The first kappa shape index (κ1) is 7.18. The van der Waals surface area contributed by atoms with Crippen molar-refractivity contribution in [1.82, 2.24) is 4.98 Å². The zero-order chi connectivity index (χ0) is 5.70. The third-order valence-corrected chi connectivity index (χ3v) is 2.93. The van der Waals surface area contributed by atoms with Crippen LogP contribution in [0.25, 0.3) is 0 Å². The van der Waals surface area contributed by atoms with E-state index in [9.17, 15) is 0 Å². The number of rotatable bonds is 3. The van der Waals surface area contributed by atoms with Crippen molar-refractivity contribution in [2.24, 2.45) is 0 Å². The lowest BCUT2D eigenvalue weighted by atomic mass is 10.4. The van der Waals surface area contributed by atoms with Crippen LogP contribution in [0.3, 0.4) is 0 Å². The fourth-order valence-electron chi connectivity index (χ4n) is 0.493. The van der Waals surface area contributed by atoms with Crippen LogP contribution in [-0.2, 0) is 0 Å². The Morgan fingerprint density at radius 2 is 2.29 bits per heavy atom. The van der Waals surface area contributed by atoms with Gasteiger partial charge in [-0.1, -0.05) is 20.3 Å². The van der Waals surface area contributed by atoms with Crippen LogP contribution >= 0.6 is 0 Å². The number of nitrogens with one attached hydrogen (secondary N) is 1. The summed E-state index contributed by atoms with van der Waals surface area (Å²) in [6, 6.07) is 0. The smallest absolute Gasteiger partial charge is 0.0941 e. The first-order chi connectivity index (χ1) is 3.31. The van der Waals surface area contributed by atoms with E-state index in [-0.39, 0.29) is 9.68 Å². The molecular formula is C5H15NSi. The summed E-state index contributed by atoms with van der Waals surface area (Å²) in [6.45, 7) is 4.55. The molecule has 0 bridgehead atoms. The van der Waals surface area contributed by atoms with E-state index in [1.54, 1.807) is 0 Å². The van der Waals surface area contributed by atoms with Gasteiger partial charge in [-0.15, -0.1) is 0 Å². The summed E-state index contributed by atoms with van der Waals surface area (Å²) >= 11 is 0. The van der Waals surface area contributed by atoms with Crippen molar-refractivity contribution < 1.29 is 0 Å². The molecule has 0 amide bonds.